The predicted octanol–water partition coefficient (Wildman–Crippen LogP) is 1.61. The number of ether oxygens (including phenoxy) is 1. The maximum atomic E-state index is 13.2. The Hall–Kier alpha value is -4.40. The molecule has 14 heteroatoms. The number of amides is 1. The van der Waals surface area contributed by atoms with Gasteiger partial charge in [-0.1, -0.05) is 30.3 Å². The highest BCUT2D eigenvalue weighted by Gasteiger charge is 2.31. The van der Waals surface area contributed by atoms with Gasteiger partial charge in [-0.25, -0.2) is 23.6 Å². The molecule has 0 saturated carbocycles. The molecule has 2 fully saturated rings. The van der Waals surface area contributed by atoms with Crippen LogP contribution in [-0.4, -0.2) is 105 Å². The standard InChI is InChI=1S/C23H28FN3O2.2C2H2O4/c24-19-8-10-20(11-9-19)25-23(28)22(18-5-2-1-3-6-18)27-14-12-26(13-15-27)17-21-7-4-16-29-21;2*3-1(4)2(5)6/h1-3,5-6,8-11,21-22H,4,7,12-17H2,(H,25,28);2*(H,3,4)(H,5,6). The highest BCUT2D eigenvalue weighted by Crippen LogP contribution is 2.25. The first-order valence-corrected chi connectivity index (χ1v) is 12.6. The van der Waals surface area contributed by atoms with Crippen molar-refractivity contribution in [3.05, 3.63) is 66.0 Å². The number of aliphatic carboxylic acids is 4. The van der Waals surface area contributed by atoms with Gasteiger partial charge in [-0.2, -0.15) is 0 Å². The van der Waals surface area contributed by atoms with E-state index in [4.69, 9.17) is 44.3 Å². The van der Waals surface area contributed by atoms with Crippen LogP contribution in [0.5, 0.6) is 0 Å². The zero-order valence-corrected chi connectivity index (χ0v) is 22.0. The molecule has 0 bridgehead atoms. The van der Waals surface area contributed by atoms with Gasteiger partial charge in [-0.05, 0) is 42.7 Å². The molecule has 222 valence electrons. The van der Waals surface area contributed by atoms with Crippen molar-refractivity contribution in [3.8, 4) is 0 Å². The van der Waals surface area contributed by atoms with E-state index in [0.717, 1.165) is 57.7 Å². The minimum Gasteiger partial charge on any atom is -0.473 e. The van der Waals surface area contributed by atoms with Gasteiger partial charge >= 0.3 is 23.9 Å². The van der Waals surface area contributed by atoms with Crippen molar-refractivity contribution in [1.82, 2.24) is 9.80 Å². The average molecular weight is 578 g/mol. The van der Waals surface area contributed by atoms with Gasteiger partial charge in [0.15, 0.2) is 0 Å². The Morgan fingerprint density at radius 1 is 0.829 bits per heavy atom. The van der Waals surface area contributed by atoms with Gasteiger partial charge in [0.05, 0.1) is 6.10 Å². The van der Waals surface area contributed by atoms with Gasteiger partial charge in [-0.3, -0.25) is 14.6 Å². The van der Waals surface area contributed by atoms with Gasteiger partial charge in [-0.15, -0.1) is 0 Å². The van der Waals surface area contributed by atoms with Gasteiger partial charge in [0.25, 0.3) is 0 Å². The Balaban J connectivity index is 0.000000413. The molecule has 2 saturated heterocycles. The number of anilines is 1. The number of rotatable bonds is 6. The Labute approximate surface area is 234 Å². The van der Waals surface area contributed by atoms with Gasteiger partial charge in [0.2, 0.25) is 5.91 Å². The second-order valence-electron chi connectivity index (χ2n) is 9.00. The number of carboxylic acid groups (broad SMARTS) is 4. The second kappa shape index (κ2) is 16.6. The fraction of sp³-hybridized carbons (Fsp3) is 0.370. The summed E-state index contributed by atoms with van der Waals surface area (Å²) < 4.78 is 19.0. The monoisotopic (exact) mass is 577 g/mol. The third-order valence-corrected chi connectivity index (χ3v) is 6.10. The van der Waals surface area contributed by atoms with E-state index in [-0.39, 0.29) is 17.8 Å². The summed E-state index contributed by atoms with van der Waals surface area (Å²) in [5, 5.41) is 32.5. The summed E-state index contributed by atoms with van der Waals surface area (Å²) in [6.45, 7) is 5.35. The molecule has 0 spiro atoms. The molecule has 2 aromatic rings. The molecule has 2 unspecified atom stereocenters. The normalized spacial score (nSPS) is 17.5. The zero-order valence-electron chi connectivity index (χ0n) is 22.0. The van der Waals surface area contributed by atoms with Crippen LogP contribution in [0, 0.1) is 5.82 Å². The molecule has 2 aliphatic rings. The summed E-state index contributed by atoms with van der Waals surface area (Å²) in [5.41, 5.74) is 1.58. The molecular weight excluding hydrogens is 545 g/mol. The zero-order chi connectivity index (χ0) is 30.4. The van der Waals surface area contributed by atoms with Crippen LogP contribution in [0.4, 0.5) is 10.1 Å². The van der Waals surface area contributed by atoms with Crippen LogP contribution in [0.15, 0.2) is 54.6 Å². The smallest absolute Gasteiger partial charge is 0.414 e. The minimum atomic E-state index is -1.82. The van der Waals surface area contributed by atoms with Crippen molar-refractivity contribution in [2.24, 2.45) is 0 Å². The molecule has 41 heavy (non-hydrogen) atoms. The van der Waals surface area contributed by atoms with E-state index < -0.39 is 23.9 Å². The number of carbonyl (C=O) groups excluding carboxylic acids is 1. The molecule has 0 aromatic heterocycles. The van der Waals surface area contributed by atoms with E-state index in [2.05, 4.69) is 15.1 Å². The molecule has 1 amide bonds. The first-order chi connectivity index (χ1) is 19.5. The number of halogens is 1. The van der Waals surface area contributed by atoms with Crippen molar-refractivity contribution in [1.29, 1.82) is 0 Å². The van der Waals surface area contributed by atoms with E-state index in [1.807, 2.05) is 30.3 Å². The van der Waals surface area contributed by atoms with Crippen LogP contribution in [0.2, 0.25) is 0 Å². The molecule has 2 aliphatic heterocycles. The number of carboxylic acids is 4. The largest absolute Gasteiger partial charge is 0.473 e. The molecule has 2 aromatic carbocycles. The lowest BCUT2D eigenvalue weighted by Gasteiger charge is -2.39. The highest BCUT2D eigenvalue weighted by molar-refractivity contribution is 6.27. The molecule has 0 radical (unpaired) electrons. The van der Waals surface area contributed by atoms with Crippen molar-refractivity contribution >= 4 is 35.5 Å². The number of nitrogens with one attached hydrogen (secondary N) is 1. The number of benzene rings is 2. The molecular formula is C27H32FN3O10. The molecule has 2 heterocycles. The van der Waals surface area contributed by atoms with E-state index in [9.17, 15) is 9.18 Å². The van der Waals surface area contributed by atoms with Gasteiger partial charge < -0.3 is 30.5 Å². The number of hydrogen-bond acceptors (Lipinski definition) is 8. The first-order valence-electron chi connectivity index (χ1n) is 12.6. The van der Waals surface area contributed by atoms with E-state index >= 15 is 0 Å². The fourth-order valence-electron chi connectivity index (χ4n) is 4.19. The Morgan fingerprint density at radius 3 is 1.83 bits per heavy atom. The summed E-state index contributed by atoms with van der Waals surface area (Å²) in [6, 6.07) is 15.4. The number of hydrogen-bond donors (Lipinski definition) is 5. The molecule has 4 rings (SSSR count). The number of carbonyl (C=O) groups is 5. The Morgan fingerprint density at radius 2 is 1.37 bits per heavy atom. The summed E-state index contributed by atoms with van der Waals surface area (Å²) in [7, 11) is 0. The van der Waals surface area contributed by atoms with Crippen LogP contribution >= 0.6 is 0 Å². The highest BCUT2D eigenvalue weighted by atomic mass is 19.1. The second-order valence-corrected chi connectivity index (χ2v) is 9.00. The van der Waals surface area contributed by atoms with Crippen LogP contribution in [0.3, 0.4) is 0 Å². The van der Waals surface area contributed by atoms with E-state index in [1.54, 1.807) is 12.1 Å². The van der Waals surface area contributed by atoms with Gasteiger partial charge in [0.1, 0.15) is 11.9 Å². The summed E-state index contributed by atoms with van der Waals surface area (Å²) in [5.74, 6) is -7.70. The maximum Gasteiger partial charge on any atom is 0.414 e. The average Bonchev–Trinajstić information content (AvgIpc) is 3.45. The molecule has 13 nitrogen and oxygen atoms in total. The van der Waals surface area contributed by atoms with Crippen molar-refractivity contribution in [2.75, 3.05) is 44.6 Å². The topological polar surface area (TPSA) is 194 Å². The quantitative estimate of drug-likeness (QED) is 0.312. The minimum absolute atomic E-state index is 0.0876. The van der Waals surface area contributed by atoms with Crippen molar-refractivity contribution in [3.63, 3.8) is 0 Å². The SMILES string of the molecule is O=C(Nc1ccc(F)cc1)C(c1ccccc1)N1CCN(CC2CCCO2)CC1.O=C(O)C(=O)O.O=C(O)C(=O)O. The first kappa shape index (κ1) is 32.8. The van der Waals surface area contributed by atoms with Crippen molar-refractivity contribution in [2.45, 2.75) is 25.0 Å². The Bertz CT molecular complexity index is 1120. The predicted molar refractivity (Wildman–Crippen MR) is 142 cm³/mol. The molecule has 2 atom stereocenters. The lowest BCUT2D eigenvalue weighted by molar-refractivity contribution is -0.159. The van der Waals surface area contributed by atoms with Crippen LogP contribution in [-0.2, 0) is 28.7 Å². The lowest BCUT2D eigenvalue weighted by atomic mass is 10.0. The van der Waals surface area contributed by atoms with E-state index in [0.29, 0.717) is 11.8 Å². The lowest BCUT2D eigenvalue weighted by Crippen LogP contribution is -2.51. The summed E-state index contributed by atoms with van der Waals surface area (Å²) in [4.78, 5) is 54.2. The third-order valence-electron chi connectivity index (χ3n) is 6.10. The van der Waals surface area contributed by atoms with E-state index in [1.165, 1.54) is 12.1 Å². The number of nitrogens with zero attached hydrogens (tertiary/aromatic N) is 2. The van der Waals surface area contributed by atoms with Crippen LogP contribution < -0.4 is 5.32 Å². The van der Waals surface area contributed by atoms with Crippen molar-refractivity contribution < 1.29 is 53.5 Å². The van der Waals surface area contributed by atoms with Gasteiger partial charge in [0, 0.05) is 45.0 Å². The fourth-order valence-corrected chi connectivity index (χ4v) is 4.19. The Kier molecular flexibility index (Phi) is 13.3. The van der Waals surface area contributed by atoms with Crippen LogP contribution in [0.1, 0.15) is 24.4 Å². The summed E-state index contributed by atoms with van der Waals surface area (Å²) in [6.07, 6.45) is 2.66. The van der Waals surface area contributed by atoms with Crippen LogP contribution in [0.25, 0.3) is 0 Å². The molecule has 0 aliphatic carbocycles. The third kappa shape index (κ3) is 11.7. The summed E-state index contributed by atoms with van der Waals surface area (Å²) >= 11 is 0. The maximum absolute atomic E-state index is 13.2. The number of piperazine rings is 1. The molecule has 5 N–H and O–H groups in total.